The van der Waals surface area contributed by atoms with Crippen LogP contribution in [0.15, 0.2) is 53.4 Å². The van der Waals surface area contributed by atoms with Crippen LogP contribution in [-0.2, 0) is 14.8 Å². The zero-order valence-electron chi connectivity index (χ0n) is 14.5. The van der Waals surface area contributed by atoms with Crippen LogP contribution in [0.3, 0.4) is 0 Å². The molecule has 0 radical (unpaired) electrons. The van der Waals surface area contributed by atoms with E-state index >= 15 is 0 Å². The summed E-state index contributed by atoms with van der Waals surface area (Å²) in [7, 11) is -3.53. The van der Waals surface area contributed by atoms with E-state index < -0.39 is 15.8 Å². The van der Waals surface area contributed by atoms with Gasteiger partial charge >= 0.3 is 0 Å². The van der Waals surface area contributed by atoms with Crippen molar-refractivity contribution in [3.63, 3.8) is 0 Å². The lowest BCUT2D eigenvalue weighted by Crippen LogP contribution is -2.41. The highest BCUT2D eigenvalue weighted by Gasteiger charge is 2.32. The van der Waals surface area contributed by atoms with Crippen LogP contribution >= 0.6 is 0 Å². The number of carbonyl (C=O) groups excluding carboxylic acids is 1. The molecule has 2 aromatic carbocycles. The lowest BCUT2D eigenvalue weighted by Gasteiger charge is -2.30. The third kappa shape index (κ3) is 3.94. The van der Waals surface area contributed by atoms with Gasteiger partial charge in [-0.15, -0.1) is 0 Å². The predicted molar refractivity (Wildman–Crippen MR) is 97.7 cm³/mol. The quantitative estimate of drug-likeness (QED) is 0.891. The molecule has 1 aliphatic heterocycles. The summed E-state index contributed by atoms with van der Waals surface area (Å²) >= 11 is 0. The smallest absolute Gasteiger partial charge is 0.243 e. The summed E-state index contributed by atoms with van der Waals surface area (Å²) < 4.78 is 40.0. The Balaban J connectivity index is 1.63. The third-order valence-corrected chi connectivity index (χ3v) is 6.58. The van der Waals surface area contributed by atoms with Gasteiger partial charge in [0.1, 0.15) is 5.82 Å². The lowest BCUT2D eigenvalue weighted by atomic mass is 9.97. The molecule has 1 aliphatic rings. The molecule has 7 heteroatoms. The van der Waals surface area contributed by atoms with Crippen molar-refractivity contribution >= 4 is 21.6 Å². The Bertz CT molecular complexity index is 892. The molecule has 0 bridgehead atoms. The van der Waals surface area contributed by atoms with Crippen LogP contribution in [0.25, 0.3) is 0 Å². The van der Waals surface area contributed by atoms with Crippen LogP contribution in [0, 0.1) is 18.7 Å². The summed E-state index contributed by atoms with van der Waals surface area (Å²) in [5, 5.41) is 2.76. The number of amides is 1. The number of carbonyl (C=O) groups is 1. The zero-order valence-corrected chi connectivity index (χ0v) is 15.3. The van der Waals surface area contributed by atoms with Gasteiger partial charge in [-0.2, -0.15) is 4.31 Å². The number of rotatable bonds is 4. The second-order valence-corrected chi connectivity index (χ2v) is 8.38. The summed E-state index contributed by atoms with van der Waals surface area (Å²) in [5.74, 6) is -0.898. The number of nitrogens with zero attached hydrogens (tertiary/aromatic N) is 1. The molecule has 2 aromatic rings. The molecule has 138 valence electrons. The SMILES string of the molecule is Cc1ccc(F)cc1NC(=O)C1CCN(S(=O)(=O)c2ccccc2)CC1. The van der Waals surface area contributed by atoms with E-state index in [2.05, 4.69) is 5.32 Å². The van der Waals surface area contributed by atoms with Crippen molar-refractivity contribution < 1.29 is 17.6 Å². The number of sulfonamides is 1. The maximum Gasteiger partial charge on any atom is 0.243 e. The number of aryl methyl sites for hydroxylation is 1. The average Bonchev–Trinajstić information content (AvgIpc) is 2.65. The van der Waals surface area contributed by atoms with Crippen LogP contribution < -0.4 is 5.32 Å². The van der Waals surface area contributed by atoms with Gasteiger partial charge in [0.25, 0.3) is 0 Å². The Morgan fingerprint density at radius 3 is 2.42 bits per heavy atom. The first-order valence-electron chi connectivity index (χ1n) is 8.50. The topological polar surface area (TPSA) is 66.5 Å². The Hall–Kier alpha value is -2.25. The lowest BCUT2D eigenvalue weighted by molar-refractivity contribution is -0.120. The van der Waals surface area contributed by atoms with Gasteiger partial charge in [0.05, 0.1) is 4.90 Å². The Labute approximate surface area is 152 Å². The average molecular weight is 376 g/mol. The molecule has 1 amide bonds. The van der Waals surface area contributed by atoms with Crippen molar-refractivity contribution in [3.05, 3.63) is 59.9 Å². The molecule has 0 spiro atoms. The minimum absolute atomic E-state index is 0.199. The fourth-order valence-corrected chi connectivity index (χ4v) is 4.55. The van der Waals surface area contributed by atoms with Crippen molar-refractivity contribution in [2.24, 2.45) is 5.92 Å². The van der Waals surface area contributed by atoms with E-state index in [1.54, 1.807) is 43.3 Å². The number of anilines is 1. The molecule has 3 rings (SSSR count). The predicted octanol–water partition coefficient (Wildman–Crippen LogP) is 3.17. The van der Waals surface area contributed by atoms with E-state index in [4.69, 9.17) is 0 Å². The molecular weight excluding hydrogens is 355 g/mol. The van der Waals surface area contributed by atoms with Gasteiger partial charge in [0.15, 0.2) is 0 Å². The molecule has 0 saturated carbocycles. The normalized spacial score (nSPS) is 16.4. The summed E-state index contributed by atoms with van der Waals surface area (Å²) in [6.07, 6.45) is 0.874. The monoisotopic (exact) mass is 376 g/mol. The standard InChI is InChI=1S/C19H21FN2O3S/c1-14-7-8-16(20)13-18(14)21-19(23)15-9-11-22(12-10-15)26(24,25)17-5-3-2-4-6-17/h2-8,13,15H,9-12H2,1H3,(H,21,23). The Morgan fingerprint density at radius 2 is 1.77 bits per heavy atom. The maximum absolute atomic E-state index is 13.4. The summed E-state index contributed by atoms with van der Waals surface area (Å²) in [4.78, 5) is 12.7. The van der Waals surface area contributed by atoms with Crippen molar-refractivity contribution in [1.29, 1.82) is 0 Å². The van der Waals surface area contributed by atoms with E-state index in [-0.39, 0.29) is 29.8 Å². The number of hydrogen-bond donors (Lipinski definition) is 1. The summed E-state index contributed by atoms with van der Waals surface area (Å²) in [6.45, 7) is 2.37. The fourth-order valence-electron chi connectivity index (χ4n) is 3.06. The van der Waals surface area contributed by atoms with Gasteiger partial charge in [0.2, 0.25) is 15.9 Å². The molecule has 1 N–H and O–H groups in total. The minimum atomic E-state index is -3.53. The maximum atomic E-state index is 13.4. The molecule has 1 saturated heterocycles. The second-order valence-electron chi connectivity index (χ2n) is 6.44. The Kier molecular flexibility index (Phi) is 5.38. The third-order valence-electron chi connectivity index (χ3n) is 4.66. The van der Waals surface area contributed by atoms with Gasteiger partial charge in [-0.3, -0.25) is 4.79 Å². The van der Waals surface area contributed by atoms with Crippen molar-refractivity contribution in [1.82, 2.24) is 4.31 Å². The first-order valence-corrected chi connectivity index (χ1v) is 9.94. The highest BCUT2D eigenvalue weighted by atomic mass is 32.2. The van der Waals surface area contributed by atoms with Crippen LogP contribution in [0.5, 0.6) is 0 Å². The summed E-state index contributed by atoms with van der Waals surface area (Å²) in [5.41, 5.74) is 1.23. The number of hydrogen-bond acceptors (Lipinski definition) is 3. The number of nitrogens with one attached hydrogen (secondary N) is 1. The molecule has 5 nitrogen and oxygen atoms in total. The van der Waals surface area contributed by atoms with Gasteiger partial charge < -0.3 is 5.32 Å². The highest BCUT2D eigenvalue weighted by molar-refractivity contribution is 7.89. The van der Waals surface area contributed by atoms with Crippen LogP contribution in [0.4, 0.5) is 10.1 Å². The van der Waals surface area contributed by atoms with Crippen LogP contribution in [-0.4, -0.2) is 31.7 Å². The highest BCUT2D eigenvalue weighted by Crippen LogP contribution is 2.25. The van der Waals surface area contributed by atoms with Gasteiger partial charge in [0, 0.05) is 24.7 Å². The largest absolute Gasteiger partial charge is 0.326 e. The van der Waals surface area contributed by atoms with Gasteiger partial charge in [-0.05, 0) is 49.6 Å². The van der Waals surface area contributed by atoms with E-state index in [0.717, 1.165) is 5.56 Å². The van der Waals surface area contributed by atoms with Crippen molar-refractivity contribution in [3.8, 4) is 0 Å². The number of halogens is 1. The van der Waals surface area contributed by atoms with Crippen molar-refractivity contribution in [2.45, 2.75) is 24.7 Å². The van der Waals surface area contributed by atoms with E-state index in [1.165, 1.54) is 16.4 Å². The molecular formula is C19H21FN2O3S. The van der Waals surface area contributed by atoms with Gasteiger partial charge in [-0.1, -0.05) is 24.3 Å². The molecule has 1 heterocycles. The van der Waals surface area contributed by atoms with Crippen molar-refractivity contribution in [2.75, 3.05) is 18.4 Å². The van der Waals surface area contributed by atoms with E-state index in [1.807, 2.05) is 0 Å². The Morgan fingerprint density at radius 1 is 1.12 bits per heavy atom. The molecule has 0 atom stereocenters. The molecule has 0 aliphatic carbocycles. The molecule has 26 heavy (non-hydrogen) atoms. The summed E-state index contributed by atoms with van der Waals surface area (Å²) in [6, 6.07) is 12.5. The first kappa shape index (κ1) is 18.5. The number of benzene rings is 2. The zero-order chi connectivity index (χ0) is 18.7. The minimum Gasteiger partial charge on any atom is -0.326 e. The molecule has 0 aromatic heterocycles. The van der Waals surface area contributed by atoms with Crippen LogP contribution in [0.2, 0.25) is 0 Å². The number of piperidine rings is 1. The van der Waals surface area contributed by atoms with E-state index in [9.17, 15) is 17.6 Å². The van der Waals surface area contributed by atoms with Crippen LogP contribution in [0.1, 0.15) is 18.4 Å². The first-order chi connectivity index (χ1) is 12.4. The second kappa shape index (κ2) is 7.55. The van der Waals surface area contributed by atoms with E-state index in [0.29, 0.717) is 18.5 Å². The molecule has 0 unspecified atom stereocenters. The van der Waals surface area contributed by atoms with Gasteiger partial charge in [-0.25, -0.2) is 12.8 Å². The molecule has 1 fully saturated rings. The fraction of sp³-hybridized carbons (Fsp3) is 0.316.